The first-order valence-corrected chi connectivity index (χ1v) is 13.6. The largest absolute Gasteiger partial charge is 0.382 e. The summed E-state index contributed by atoms with van der Waals surface area (Å²) in [5.41, 5.74) is 9.04. The van der Waals surface area contributed by atoms with Crippen molar-refractivity contribution in [1.29, 1.82) is 0 Å². The van der Waals surface area contributed by atoms with Crippen molar-refractivity contribution in [2.45, 2.75) is 37.9 Å². The fourth-order valence-electron chi connectivity index (χ4n) is 3.78. The summed E-state index contributed by atoms with van der Waals surface area (Å²) in [6.45, 7) is 6.22. The van der Waals surface area contributed by atoms with E-state index in [4.69, 9.17) is 10.5 Å². The smallest absolute Gasteiger partial charge is 0.277 e. The van der Waals surface area contributed by atoms with Crippen LogP contribution in [0.1, 0.15) is 46.2 Å². The molecule has 0 fully saturated rings. The van der Waals surface area contributed by atoms with Crippen molar-refractivity contribution in [3.05, 3.63) is 47.2 Å². The molecule has 4 N–H and O–H groups in total. The quantitative estimate of drug-likeness (QED) is 0.0936. The Labute approximate surface area is 218 Å². The van der Waals surface area contributed by atoms with Gasteiger partial charge in [-0.2, -0.15) is 0 Å². The lowest BCUT2D eigenvalue weighted by Gasteiger charge is -2.07. The molecule has 2 heterocycles. The number of halogens is 1. The number of nitrogens with one attached hydrogen (secondary N) is 2. The van der Waals surface area contributed by atoms with Crippen LogP contribution in [-0.2, 0) is 33.4 Å². The molecule has 0 atom stereocenters. The van der Waals surface area contributed by atoms with E-state index in [1.807, 2.05) is 26.0 Å². The maximum Gasteiger partial charge on any atom is 0.277 e. The highest BCUT2D eigenvalue weighted by Crippen LogP contribution is 2.18. The zero-order valence-electron chi connectivity index (χ0n) is 19.6. The van der Waals surface area contributed by atoms with Gasteiger partial charge in [-0.3, -0.25) is 14.2 Å². The summed E-state index contributed by atoms with van der Waals surface area (Å²) in [6.07, 6.45) is 1.66. The molecule has 3 aromatic rings. The lowest BCUT2D eigenvalue weighted by atomic mass is 10.2. The molecule has 13 heteroatoms. The molecule has 0 aliphatic heterocycles. The number of hydrogen-bond acceptors (Lipinski definition) is 7. The molecule has 186 valence electrons. The van der Waals surface area contributed by atoms with Gasteiger partial charge in [-0.05, 0) is 26.0 Å². The topological polar surface area (TPSA) is 145 Å². The molecule has 1 aromatic carbocycles. The first-order chi connectivity index (χ1) is 16.9. The van der Waals surface area contributed by atoms with Crippen LogP contribution in [0.3, 0.4) is 0 Å². The molecule has 0 spiro atoms. The summed E-state index contributed by atoms with van der Waals surface area (Å²) < 4.78 is 20.3. The lowest BCUT2D eigenvalue weighted by Crippen LogP contribution is -2.40. The average Bonchev–Trinajstić information content (AvgIpc) is 3.18. The van der Waals surface area contributed by atoms with E-state index in [1.165, 1.54) is 0 Å². The first-order valence-electron chi connectivity index (χ1n) is 11.1. The Morgan fingerprint density at radius 1 is 1.26 bits per heavy atom. The van der Waals surface area contributed by atoms with Crippen LogP contribution in [0.4, 0.5) is 5.82 Å². The van der Waals surface area contributed by atoms with Gasteiger partial charge in [-0.25, -0.2) is 19.1 Å². The highest BCUT2D eigenvalue weighted by Gasteiger charge is 2.25. The molecule has 2 amide bonds. The number of carbonyl (C=O) groups excluding carboxylic acids is 2. The SMILES string of the molecule is CCn1c(CNC(=O)c2nc(CI)cnc2N)[n+](CC)c2cc(C(=O)NCCOCP=O)ccc21. The average molecular weight is 612 g/mol. The van der Waals surface area contributed by atoms with E-state index >= 15 is 0 Å². The van der Waals surface area contributed by atoms with Crippen LogP contribution in [0, 0.1) is 0 Å². The Kier molecular flexibility index (Phi) is 9.87. The van der Waals surface area contributed by atoms with Gasteiger partial charge < -0.3 is 21.1 Å². The summed E-state index contributed by atoms with van der Waals surface area (Å²) in [5.74, 6) is 0.360. The fraction of sp³-hybridized carbons (Fsp3) is 0.409. The van der Waals surface area contributed by atoms with Gasteiger partial charge in [0.05, 0.1) is 31.6 Å². The van der Waals surface area contributed by atoms with Crippen LogP contribution in [-0.4, -0.2) is 45.8 Å². The summed E-state index contributed by atoms with van der Waals surface area (Å²) in [4.78, 5) is 33.8. The minimum absolute atomic E-state index is 0.0856. The summed E-state index contributed by atoms with van der Waals surface area (Å²) >= 11 is 2.15. The number of ether oxygens (including phenoxy) is 1. The normalized spacial score (nSPS) is 11.2. The van der Waals surface area contributed by atoms with E-state index in [9.17, 15) is 14.2 Å². The number of rotatable bonds is 12. The van der Waals surface area contributed by atoms with Crippen LogP contribution < -0.4 is 20.9 Å². The van der Waals surface area contributed by atoms with Crippen LogP contribution in [0.25, 0.3) is 11.0 Å². The Morgan fingerprint density at radius 3 is 2.74 bits per heavy atom. The number of aromatic nitrogens is 4. The van der Waals surface area contributed by atoms with Crippen molar-refractivity contribution >= 4 is 59.7 Å². The van der Waals surface area contributed by atoms with E-state index in [2.05, 4.69) is 52.3 Å². The monoisotopic (exact) mass is 612 g/mol. The number of imidazole rings is 1. The van der Waals surface area contributed by atoms with Gasteiger partial charge in [0, 0.05) is 22.6 Å². The third-order valence-corrected chi connectivity index (χ3v) is 6.43. The van der Waals surface area contributed by atoms with Gasteiger partial charge in [-0.1, -0.05) is 22.6 Å². The molecule has 3 rings (SSSR count). The maximum atomic E-state index is 12.8. The van der Waals surface area contributed by atoms with E-state index in [0.717, 1.165) is 16.9 Å². The van der Waals surface area contributed by atoms with Crippen LogP contribution in [0.5, 0.6) is 0 Å². The molecular weight excluding hydrogens is 584 g/mol. The Morgan fingerprint density at radius 2 is 2.06 bits per heavy atom. The van der Waals surface area contributed by atoms with Crippen LogP contribution in [0.15, 0.2) is 24.4 Å². The summed E-state index contributed by atoms with van der Waals surface area (Å²) in [7, 11) is -0.0856. The molecule has 0 saturated heterocycles. The number of nitrogens with two attached hydrogens (primary N) is 1. The van der Waals surface area contributed by atoms with Crippen molar-refractivity contribution in [3.63, 3.8) is 0 Å². The number of carbonyl (C=O) groups is 2. The predicted octanol–water partition coefficient (Wildman–Crippen LogP) is 2.20. The molecule has 35 heavy (non-hydrogen) atoms. The van der Waals surface area contributed by atoms with Gasteiger partial charge in [0.2, 0.25) is 0 Å². The molecule has 0 aliphatic rings. The number of hydrogen-bond donors (Lipinski definition) is 3. The van der Waals surface area contributed by atoms with Gasteiger partial charge in [0.15, 0.2) is 31.0 Å². The number of anilines is 1. The molecule has 2 aromatic heterocycles. The number of nitrogens with zero attached hydrogens (tertiary/aromatic N) is 4. The number of aryl methyl sites for hydroxylation is 2. The molecule has 11 nitrogen and oxygen atoms in total. The predicted molar refractivity (Wildman–Crippen MR) is 140 cm³/mol. The zero-order valence-corrected chi connectivity index (χ0v) is 22.6. The molecule has 0 radical (unpaired) electrons. The van der Waals surface area contributed by atoms with E-state index in [1.54, 1.807) is 12.3 Å². The van der Waals surface area contributed by atoms with Crippen molar-refractivity contribution in [1.82, 2.24) is 25.2 Å². The number of benzene rings is 1. The third kappa shape index (κ3) is 6.30. The van der Waals surface area contributed by atoms with Crippen LogP contribution in [0.2, 0.25) is 0 Å². The fourth-order valence-corrected chi connectivity index (χ4v) is 4.35. The standard InChI is InChI=1S/C22H27IN7O4P/c1-3-29-16-6-5-14(21(31)25-7-8-34-13-35-33)9-17(16)30(4-2)18(29)12-27-22(32)19-20(24)26-11-15(10-23)28-19/h5-6,9,11H,3-4,7-8,10,12-13H2,1-2H3,(H3-,24,25,26,27,31,32)/p+1. The van der Waals surface area contributed by atoms with Gasteiger partial charge in [0.25, 0.3) is 17.6 Å². The summed E-state index contributed by atoms with van der Waals surface area (Å²) in [6, 6.07) is 5.52. The summed E-state index contributed by atoms with van der Waals surface area (Å²) in [5, 5.41) is 5.72. The van der Waals surface area contributed by atoms with Gasteiger partial charge in [0.1, 0.15) is 12.9 Å². The number of alkyl halides is 1. The third-order valence-electron chi connectivity index (χ3n) is 5.36. The van der Waals surface area contributed by atoms with Gasteiger partial charge in [-0.15, -0.1) is 0 Å². The van der Waals surface area contributed by atoms with Crippen molar-refractivity contribution in [2.75, 3.05) is 25.2 Å². The highest BCUT2D eigenvalue weighted by molar-refractivity contribution is 14.1. The highest BCUT2D eigenvalue weighted by atomic mass is 127. The Balaban J connectivity index is 1.84. The zero-order chi connectivity index (χ0) is 25.4. The number of nitrogen functional groups attached to an aromatic ring is 1. The van der Waals surface area contributed by atoms with Crippen molar-refractivity contribution in [3.8, 4) is 0 Å². The second kappa shape index (κ2) is 12.8. The molecule has 0 saturated carbocycles. The van der Waals surface area contributed by atoms with E-state index in [0.29, 0.717) is 35.3 Å². The Hall–Kier alpha value is -2.70. The molecule has 0 bridgehead atoms. The molecule has 0 unspecified atom stereocenters. The minimum Gasteiger partial charge on any atom is -0.382 e. The van der Waals surface area contributed by atoms with Gasteiger partial charge >= 0.3 is 0 Å². The second-order valence-corrected chi connectivity index (χ2v) is 8.72. The van der Waals surface area contributed by atoms with E-state index < -0.39 is 5.91 Å². The van der Waals surface area contributed by atoms with Crippen molar-refractivity contribution < 1.29 is 23.5 Å². The maximum absolute atomic E-state index is 12.8. The van der Waals surface area contributed by atoms with Crippen LogP contribution >= 0.6 is 31.1 Å². The number of amides is 2. The van der Waals surface area contributed by atoms with E-state index in [-0.39, 0.29) is 45.4 Å². The first kappa shape index (κ1) is 26.9. The Bertz CT molecular complexity index is 1230. The molecular formula is C22H28IN7O4P+. The number of fused-ring (bicyclic) bond motifs is 1. The molecule has 0 aliphatic carbocycles. The van der Waals surface area contributed by atoms with Crippen molar-refractivity contribution in [2.24, 2.45) is 0 Å². The second-order valence-electron chi connectivity index (χ2n) is 7.44. The lowest BCUT2D eigenvalue weighted by molar-refractivity contribution is -0.676. The minimum atomic E-state index is -0.393.